The predicted octanol–water partition coefficient (Wildman–Crippen LogP) is 2.55. The van der Waals surface area contributed by atoms with E-state index >= 15 is 0 Å². The normalized spacial score (nSPS) is 13.4. The van der Waals surface area contributed by atoms with Crippen LogP contribution in [-0.2, 0) is 24.2 Å². The van der Waals surface area contributed by atoms with Gasteiger partial charge in [-0.15, -0.1) is 0 Å². The van der Waals surface area contributed by atoms with Crippen molar-refractivity contribution >= 4 is 22.6 Å². The first kappa shape index (κ1) is 15.8. The molecule has 1 amide bonds. The highest BCUT2D eigenvalue weighted by Crippen LogP contribution is 2.28. The van der Waals surface area contributed by atoms with E-state index in [2.05, 4.69) is 11.1 Å². The number of nitrogens with zero attached hydrogens (tertiary/aromatic N) is 3. The van der Waals surface area contributed by atoms with Gasteiger partial charge in [0.1, 0.15) is 12.4 Å². The Kier molecular flexibility index (Phi) is 4.24. The second kappa shape index (κ2) is 6.69. The maximum atomic E-state index is 13.0. The minimum absolute atomic E-state index is 0.0818. The van der Waals surface area contributed by atoms with Gasteiger partial charge in [-0.05, 0) is 36.6 Å². The molecule has 1 aromatic heterocycles. The van der Waals surface area contributed by atoms with Gasteiger partial charge < -0.3 is 14.6 Å². The van der Waals surface area contributed by atoms with Gasteiger partial charge in [-0.25, -0.2) is 4.98 Å². The molecule has 0 unspecified atom stereocenters. The molecule has 1 N–H and O–H groups in total. The van der Waals surface area contributed by atoms with Crippen LogP contribution in [0.1, 0.15) is 17.8 Å². The van der Waals surface area contributed by atoms with Gasteiger partial charge in [-0.1, -0.05) is 30.3 Å². The molecule has 0 fully saturated rings. The molecule has 4 rings (SSSR count). The van der Waals surface area contributed by atoms with Gasteiger partial charge in [0.25, 0.3) is 0 Å². The van der Waals surface area contributed by atoms with Crippen LogP contribution in [0.2, 0.25) is 0 Å². The number of rotatable bonds is 5. The summed E-state index contributed by atoms with van der Waals surface area (Å²) >= 11 is 0. The molecule has 2 heterocycles. The topological polar surface area (TPSA) is 58.4 Å². The summed E-state index contributed by atoms with van der Waals surface area (Å²) in [6.45, 7) is 1.13. The first-order valence-electron chi connectivity index (χ1n) is 8.71. The molecular formula is C20H21N3O2. The number of hydrogen-bond donors (Lipinski definition) is 1. The average Bonchev–Trinajstić information content (AvgIpc) is 3.22. The number of aliphatic hydroxyl groups is 1. The van der Waals surface area contributed by atoms with Gasteiger partial charge in [0.2, 0.25) is 5.91 Å². The number of para-hydroxylation sites is 3. The van der Waals surface area contributed by atoms with E-state index in [0.29, 0.717) is 12.8 Å². The number of imidazole rings is 1. The van der Waals surface area contributed by atoms with Crippen LogP contribution in [0.25, 0.3) is 11.0 Å². The molecule has 0 saturated carbocycles. The summed E-state index contributed by atoms with van der Waals surface area (Å²) in [7, 11) is 0. The zero-order valence-electron chi connectivity index (χ0n) is 14.1. The molecular weight excluding hydrogens is 314 g/mol. The van der Waals surface area contributed by atoms with Crippen molar-refractivity contribution in [2.45, 2.75) is 25.8 Å². The zero-order valence-corrected chi connectivity index (χ0v) is 14.1. The molecule has 5 heteroatoms. The van der Waals surface area contributed by atoms with Crippen molar-refractivity contribution < 1.29 is 9.90 Å². The SMILES string of the molecule is O=C(Cn1c(CCCO)nc2ccccc21)N1CCc2ccccc21. The number of aliphatic hydroxyl groups excluding tert-OH is 1. The second-order valence-corrected chi connectivity index (χ2v) is 6.35. The number of fused-ring (bicyclic) bond motifs is 2. The summed E-state index contributed by atoms with van der Waals surface area (Å²) in [4.78, 5) is 19.5. The van der Waals surface area contributed by atoms with Crippen LogP contribution < -0.4 is 4.90 Å². The van der Waals surface area contributed by atoms with Crippen LogP contribution in [-0.4, -0.2) is 33.7 Å². The number of hydrogen-bond acceptors (Lipinski definition) is 3. The van der Waals surface area contributed by atoms with Crippen molar-refractivity contribution in [1.82, 2.24) is 9.55 Å². The molecule has 3 aromatic rings. The largest absolute Gasteiger partial charge is 0.396 e. The molecule has 1 aliphatic rings. The van der Waals surface area contributed by atoms with E-state index < -0.39 is 0 Å². The summed E-state index contributed by atoms with van der Waals surface area (Å²) in [5.74, 6) is 0.939. The number of aromatic nitrogens is 2. The van der Waals surface area contributed by atoms with Gasteiger partial charge in [0.05, 0.1) is 11.0 Å². The molecule has 5 nitrogen and oxygen atoms in total. The lowest BCUT2D eigenvalue weighted by molar-refractivity contribution is -0.119. The highest BCUT2D eigenvalue weighted by Gasteiger charge is 2.25. The van der Waals surface area contributed by atoms with Gasteiger partial charge in [-0.3, -0.25) is 4.79 Å². The van der Waals surface area contributed by atoms with Crippen LogP contribution in [0.4, 0.5) is 5.69 Å². The fourth-order valence-corrected chi connectivity index (χ4v) is 3.55. The van der Waals surface area contributed by atoms with Crippen LogP contribution in [0.5, 0.6) is 0 Å². The summed E-state index contributed by atoms with van der Waals surface area (Å²) < 4.78 is 1.99. The fourth-order valence-electron chi connectivity index (χ4n) is 3.55. The van der Waals surface area contributed by atoms with Crippen LogP contribution in [0, 0.1) is 0 Å². The smallest absolute Gasteiger partial charge is 0.247 e. The molecule has 0 spiro atoms. The van der Waals surface area contributed by atoms with Crippen molar-refractivity contribution in [3.8, 4) is 0 Å². The molecule has 0 saturated heterocycles. The Balaban J connectivity index is 1.65. The molecule has 0 aliphatic carbocycles. The number of benzene rings is 2. The van der Waals surface area contributed by atoms with E-state index in [4.69, 9.17) is 5.11 Å². The van der Waals surface area contributed by atoms with E-state index in [9.17, 15) is 4.79 Å². The maximum absolute atomic E-state index is 13.0. The third-order valence-corrected chi connectivity index (χ3v) is 4.77. The second-order valence-electron chi connectivity index (χ2n) is 6.35. The predicted molar refractivity (Wildman–Crippen MR) is 97.6 cm³/mol. The van der Waals surface area contributed by atoms with Crippen molar-refractivity contribution in [1.29, 1.82) is 0 Å². The Bertz CT molecular complexity index is 916. The molecule has 25 heavy (non-hydrogen) atoms. The van der Waals surface area contributed by atoms with Crippen LogP contribution in [0.3, 0.4) is 0 Å². The van der Waals surface area contributed by atoms with Gasteiger partial charge in [0.15, 0.2) is 0 Å². The van der Waals surface area contributed by atoms with Gasteiger partial charge in [0, 0.05) is 25.3 Å². The van der Waals surface area contributed by atoms with E-state index in [1.165, 1.54) is 5.56 Å². The molecule has 1 aliphatic heterocycles. The Morgan fingerprint density at radius 3 is 2.80 bits per heavy atom. The van der Waals surface area contributed by atoms with Crippen molar-refractivity contribution in [2.24, 2.45) is 0 Å². The number of carbonyl (C=O) groups excluding carboxylic acids is 1. The summed E-state index contributed by atoms with van der Waals surface area (Å²) in [6, 6.07) is 16.0. The lowest BCUT2D eigenvalue weighted by Crippen LogP contribution is -2.32. The number of anilines is 1. The van der Waals surface area contributed by atoms with Gasteiger partial charge >= 0.3 is 0 Å². The molecule has 0 atom stereocenters. The molecule has 0 radical (unpaired) electrons. The summed E-state index contributed by atoms with van der Waals surface area (Å²) in [6.07, 6.45) is 2.21. The molecule has 2 aromatic carbocycles. The van der Waals surface area contributed by atoms with E-state index in [0.717, 1.165) is 35.5 Å². The lowest BCUT2D eigenvalue weighted by Gasteiger charge is -2.19. The Hall–Kier alpha value is -2.66. The van der Waals surface area contributed by atoms with E-state index in [1.54, 1.807) is 0 Å². The Morgan fingerprint density at radius 2 is 1.92 bits per heavy atom. The van der Waals surface area contributed by atoms with Crippen LogP contribution in [0.15, 0.2) is 48.5 Å². The van der Waals surface area contributed by atoms with E-state index in [-0.39, 0.29) is 19.1 Å². The Labute approximate surface area is 146 Å². The number of aryl methyl sites for hydroxylation is 1. The highest BCUT2D eigenvalue weighted by atomic mass is 16.3. The van der Waals surface area contributed by atoms with E-state index in [1.807, 2.05) is 51.9 Å². The average molecular weight is 335 g/mol. The standard InChI is InChI=1S/C20H21N3O2/c24-13-5-10-19-21-16-7-2-4-9-18(16)23(19)14-20(25)22-12-11-15-6-1-3-8-17(15)22/h1-4,6-9,24H,5,10-14H2. The molecule has 0 bridgehead atoms. The monoisotopic (exact) mass is 335 g/mol. The van der Waals surface area contributed by atoms with Crippen molar-refractivity contribution in [2.75, 3.05) is 18.1 Å². The third-order valence-electron chi connectivity index (χ3n) is 4.77. The minimum atomic E-state index is 0.0818. The van der Waals surface area contributed by atoms with Crippen molar-refractivity contribution in [3.63, 3.8) is 0 Å². The van der Waals surface area contributed by atoms with Gasteiger partial charge in [-0.2, -0.15) is 0 Å². The number of amides is 1. The Morgan fingerprint density at radius 1 is 1.12 bits per heavy atom. The summed E-state index contributed by atoms with van der Waals surface area (Å²) in [5, 5.41) is 9.14. The van der Waals surface area contributed by atoms with Crippen LogP contribution >= 0.6 is 0 Å². The maximum Gasteiger partial charge on any atom is 0.247 e. The first-order chi connectivity index (χ1) is 12.3. The lowest BCUT2D eigenvalue weighted by atomic mass is 10.2. The fraction of sp³-hybridized carbons (Fsp3) is 0.300. The highest BCUT2D eigenvalue weighted by molar-refractivity contribution is 5.96. The zero-order chi connectivity index (χ0) is 17.2. The summed E-state index contributed by atoms with van der Waals surface area (Å²) in [5.41, 5.74) is 4.11. The van der Waals surface area contributed by atoms with Crippen molar-refractivity contribution in [3.05, 3.63) is 59.9 Å². The quantitative estimate of drug-likeness (QED) is 0.779. The number of carbonyl (C=O) groups is 1. The third kappa shape index (κ3) is 2.91. The first-order valence-corrected chi connectivity index (χ1v) is 8.71. The minimum Gasteiger partial charge on any atom is -0.396 e. The molecule has 128 valence electrons.